The third kappa shape index (κ3) is 4.95. The molecule has 1 N–H and O–H groups in total. The van der Waals surface area contributed by atoms with Crippen LogP contribution in [0.5, 0.6) is 0 Å². The highest BCUT2D eigenvalue weighted by molar-refractivity contribution is 7.99. The summed E-state index contributed by atoms with van der Waals surface area (Å²) in [6.07, 6.45) is 0.795. The van der Waals surface area contributed by atoms with Crippen LogP contribution in [0.4, 0.5) is 0 Å². The summed E-state index contributed by atoms with van der Waals surface area (Å²) >= 11 is 8.18. The number of hydrogen-bond donors (Lipinski definition) is 1. The normalized spacial score (nSPS) is 12.0. The average molecular weight is 515 g/mol. The second-order valence-corrected chi connectivity index (χ2v) is 12.0. The molecule has 0 fully saturated rings. The number of H-pyrrole nitrogens is 1. The van der Waals surface area contributed by atoms with E-state index in [2.05, 4.69) is 95.2 Å². The predicted molar refractivity (Wildman–Crippen MR) is 151 cm³/mol. The highest BCUT2D eigenvalue weighted by Crippen LogP contribution is 2.40. The lowest BCUT2D eigenvalue weighted by molar-refractivity contribution is 0.547. The molecule has 0 aliphatic heterocycles. The Morgan fingerprint density at radius 1 is 0.917 bits per heavy atom. The minimum absolute atomic E-state index is 0.0681. The fourth-order valence-corrected chi connectivity index (χ4v) is 5.85. The van der Waals surface area contributed by atoms with Crippen LogP contribution in [0.25, 0.3) is 17.0 Å². The number of nitrogens with zero attached hydrogens (tertiary/aromatic N) is 3. The molecule has 36 heavy (non-hydrogen) atoms. The fourth-order valence-electron chi connectivity index (χ4n) is 4.29. The van der Waals surface area contributed by atoms with Crippen LogP contribution in [0.3, 0.4) is 0 Å². The molecule has 0 saturated carbocycles. The van der Waals surface area contributed by atoms with Gasteiger partial charge >= 0.3 is 0 Å². The van der Waals surface area contributed by atoms with Gasteiger partial charge in [0.15, 0.2) is 11.5 Å². The van der Waals surface area contributed by atoms with E-state index >= 15 is 0 Å². The summed E-state index contributed by atoms with van der Waals surface area (Å²) in [6.45, 7) is 13.0. The summed E-state index contributed by atoms with van der Waals surface area (Å²) in [5.74, 6) is 0.713. The van der Waals surface area contributed by atoms with Gasteiger partial charge in [-0.25, -0.2) is 4.98 Å². The van der Waals surface area contributed by atoms with Crippen molar-refractivity contribution in [1.29, 1.82) is 0 Å². The Hall–Kier alpha value is -3.02. The first kappa shape index (κ1) is 24.7. The molecule has 4 nitrogen and oxygen atoms in total. The maximum Gasteiger partial charge on any atom is 0.190 e. The van der Waals surface area contributed by atoms with E-state index < -0.39 is 0 Å². The number of aromatic nitrogens is 4. The molecule has 0 bridgehead atoms. The van der Waals surface area contributed by atoms with Crippen molar-refractivity contribution in [2.45, 2.75) is 63.2 Å². The quantitative estimate of drug-likeness (QED) is 0.256. The van der Waals surface area contributed by atoms with Gasteiger partial charge in [-0.2, -0.15) is 4.63 Å². The molecule has 0 aliphatic carbocycles. The number of fused-ring (bicyclic) bond motifs is 1. The number of hydrogen-bond acceptors (Lipinski definition) is 3. The third-order valence-corrected chi connectivity index (χ3v) is 7.99. The lowest BCUT2D eigenvalue weighted by Gasteiger charge is -2.18. The van der Waals surface area contributed by atoms with Gasteiger partial charge in [-0.3, -0.25) is 5.10 Å². The van der Waals surface area contributed by atoms with E-state index in [0.717, 1.165) is 38.8 Å². The Morgan fingerprint density at radius 2 is 1.61 bits per heavy atom. The van der Waals surface area contributed by atoms with Gasteiger partial charge < -0.3 is 0 Å². The Balaban J connectivity index is 1.49. The standard InChI is InChI=1S/C30H31ClN4S/c1-18-8-14-24(31)23(15-18)17-21-10-12-22(13-11-21)28-32-29-26(27(30(4,5)6)33-35(29)34-28)36-25-16-19(2)7-9-20(25)3/h7-16,33H,17H2,1-6H3. The Labute approximate surface area is 222 Å². The van der Waals surface area contributed by atoms with Gasteiger partial charge in [0.1, 0.15) is 0 Å². The summed E-state index contributed by atoms with van der Waals surface area (Å²) in [5, 5.41) is 9.13. The molecule has 184 valence electrons. The Morgan fingerprint density at radius 3 is 2.33 bits per heavy atom. The predicted octanol–water partition coefficient (Wildman–Crippen LogP) is 8.34. The topological polar surface area (TPSA) is 46.0 Å². The van der Waals surface area contributed by atoms with Gasteiger partial charge in [0.05, 0.1) is 10.6 Å². The van der Waals surface area contributed by atoms with E-state index in [1.54, 1.807) is 11.8 Å². The van der Waals surface area contributed by atoms with Crippen LogP contribution in [-0.2, 0) is 11.8 Å². The number of benzene rings is 3. The van der Waals surface area contributed by atoms with E-state index in [-0.39, 0.29) is 5.41 Å². The summed E-state index contributed by atoms with van der Waals surface area (Å²) in [7, 11) is 0. The molecule has 0 spiro atoms. The zero-order valence-electron chi connectivity index (χ0n) is 21.6. The van der Waals surface area contributed by atoms with Crippen LogP contribution in [-0.4, -0.2) is 19.8 Å². The van der Waals surface area contributed by atoms with Gasteiger partial charge in [-0.1, -0.05) is 98.2 Å². The molecule has 0 saturated heterocycles. The van der Waals surface area contributed by atoms with E-state index in [1.165, 1.54) is 27.1 Å². The smallest absolute Gasteiger partial charge is 0.190 e. The molecule has 2 aromatic heterocycles. The number of aromatic amines is 1. The molecule has 5 aromatic rings. The minimum Gasteiger partial charge on any atom is -0.279 e. The van der Waals surface area contributed by atoms with Crippen molar-refractivity contribution in [3.05, 3.63) is 99.2 Å². The van der Waals surface area contributed by atoms with Gasteiger partial charge in [-0.05, 0) is 61.6 Å². The van der Waals surface area contributed by atoms with E-state index in [0.29, 0.717) is 5.82 Å². The Bertz CT molecular complexity index is 1550. The lowest BCUT2D eigenvalue weighted by Crippen LogP contribution is -2.13. The molecule has 0 aliphatic rings. The van der Waals surface area contributed by atoms with E-state index in [1.807, 2.05) is 16.8 Å². The summed E-state index contributed by atoms with van der Waals surface area (Å²) in [5.41, 5.74) is 8.99. The van der Waals surface area contributed by atoms with Crippen LogP contribution in [0, 0.1) is 20.8 Å². The lowest BCUT2D eigenvalue weighted by atomic mass is 9.92. The maximum absolute atomic E-state index is 6.41. The second kappa shape index (κ2) is 9.45. The van der Waals surface area contributed by atoms with Crippen molar-refractivity contribution >= 4 is 29.0 Å². The highest BCUT2D eigenvalue weighted by atomic mass is 35.5. The van der Waals surface area contributed by atoms with Crippen molar-refractivity contribution < 1.29 is 0 Å². The maximum atomic E-state index is 6.41. The van der Waals surface area contributed by atoms with Crippen molar-refractivity contribution in [3.63, 3.8) is 0 Å². The summed E-state index contributed by atoms with van der Waals surface area (Å²) in [6, 6.07) is 21.2. The third-order valence-electron chi connectivity index (χ3n) is 6.37. The minimum atomic E-state index is -0.0681. The van der Waals surface area contributed by atoms with Crippen LogP contribution in [0.15, 0.2) is 70.5 Å². The van der Waals surface area contributed by atoms with Gasteiger partial charge in [-0.15, -0.1) is 5.10 Å². The molecule has 0 unspecified atom stereocenters. The first-order chi connectivity index (χ1) is 17.1. The highest BCUT2D eigenvalue weighted by Gasteiger charge is 2.26. The van der Waals surface area contributed by atoms with Crippen LogP contribution >= 0.6 is 23.4 Å². The van der Waals surface area contributed by atoms with Crippen molar-refractivity contribution in [3.8, 4) is 11.4 Å². The zero-order chi connectivity index (χ0) is 25.6. The average Bonchev–Trinajstić information content (AvgIpc) is 3.38. The molecule has 0 amide bonds. The second-order valence-electron chi connectivity index (χ2n) is 10.6. The largest absolute Gasteiger partial charge is 0.279 e. The molecule has 6 heteroatoms. The van der Waals surface area contributed by atoms with E-state index in [9.17, 15) is 0 Å². The van der Waals surface area contributed by atoms with Crippen molar-refractivity contribution in [2.24, 2.45) is 0 Å². The van der Waals surface area contributed by atoms with Crippen molar-refractivity contribution in [2.75, 3.05) is 0 Å². The van der Waals surface area contributed by atoms with Gasteiger partial charge in [0, 0.05) is 20.9 Å². The molecule has 5 rings (SSSR count). The number of nitrogens with one attached hydrogen (secondary N) is 1. The van der Waals surface area contributed by atoms with Crippen molar-refractivity contribution in [1.82, 2.24) is 19.8 Å². The monoisotopic (exact) mass is 514 g/mol. The molecule has 0 atom stereocenters. The molecular weight excluding hydrogens is 484 g/mol. The van der Waals surface area contributed by atoms with Crippen LogP contribution < -0.4 is 0 Å². The Kier molecular flexibility index (Phi) is 6.48. The van der Waals surface area contributed by atoms with Gasteiger partial charge in [0.25, 0.3) is 0 Å². The molecular formula is C30H31ClN4S. The van der Waals surface area contributed by atoms with E-state index in [4.69, 9.17) is 21.7 Å². The van der Waals surface area contributed by atoms with Gasteiger partial charge in [0.2, 0.25) is 0 Å². The fraction of sp³-hybridized carbons (Fsp3) is 0.267. The zero-order valence-corrected chi connectivity index (χ0v) is 23.2. The molecule has 2 heterocycles. The molecule has 0 radical (unpaired) electrons. The first-order valence-electron chi connectivity index (χ1n) is 12.2. The number of rotatable bonds is 5. The number of aryl methyl sites for hydroxylation is 3. The van der Waals surface area contributed by atoms with Crippen LogP contribution in [0.1, 0.15) is 54.3 Å². The SMILES string of the molecule is Cc1ccc(Cl)c(Cc2ccc(-c3nc4c(Sc5cc(C)ccc5C)c(C(C)(C)C)[nH]n4n3)cc2)c1. The summed E-state index contributed by atoms with van der Waals surface area (Å²) in [4.78, 5) is 7.35. The molecule has 3 aromatic carbocycles. The summed E-state index contributed by atoms with van der Waals surface area (Å²) < 4.78 is 1.82. The van der Waals surface area contributed by atoms with Crippen LogP contribution in [0.2, 0.25) is 5.02 Å². The number of halogens is 1. The first-order valence-corrected chi connectivity index (χ1v) is 13.4.